The largest absolute Gasteiger partial charge is 0.492 e. The SMILES string of the molecule is O=C(/C=C/c1ccc(Cl)c([N+](=O)[O-])c1)NCCOc1cccc(F)c1. The first kappa shape index (κ1) is 18.4. The third-order valence-electron chi connectivity index (χ3n) is 3.06. The number of hydrogen-bond donors (Lipinski definition) is 1. The molecule has 0 aliphatic heterocycles. The normalized spacial score (nSPS) is 10.6. The Kier molecular flexibility index (Phi) is 6.47. The van der Waals surface area contributed by atoms with Crippen LogP contribution in [-0.4, -0.2) is 24.0 Å². The van der Waals surface area contributed by atoms with Gasteiger partial charge in [-0.1, -0.05) is 23.7 Å². The van der Waals surface area contributed by atoms with Crippen molar-refractivity contribution in [1.82, 2.24) is 5.32 Å². The molecule has 2 aromatic rings. The van der Waals surface area contributed by atoms with Crippen molar-refractivity contribution in [2.75, 3.05) is 13.2 Å². The van der Waals surface area contributed by atoms with E-state index in [0.29, 0.717) is 11.3 Å². The summed E-state index contributed by atoms with van der Waals surface area (Å²) in [6.07, 6.45) is 2.68. The lowest BCUT2D eigenvalue weighted by atomic mass is 10.2. The fourth-order valence-electron chi connectivity index (χ4n) is 1.90. The Bertz CT molecular complexity index is 811. The van der Waals surface area contributed by atoms with Gasteiger partial charge in [-0.25, -0.2) is 4.39 Å². The molecule has 0 atom stereocenters. The van der Waals surface area contributed by atoms with Crippen LogP contribution in [0.2, 0.25) is 5.02 Å². The number of nitrogens with one attached hydrogen (secondary N) is 1. The van der Waals surface area contributed by atoms with E-state index in [1.54, 1.807) is 12.1 Å². The molecule has 2 rings (SSSR count). The fraction of sp³-hybridized carbons (Fsp3) is 0.118. The van der Waals surface area contributed by atoms with Crippen LogP contribution >= 0.6 is 11.6 Å². The van der Waals surface area contributed by atoms with Crippen molar-refractivity contribution in [3.8, 4) is 5.75 Å². The Morgan fingerprint density at radius 2 is 2.12 bits per heavy atom. The lowest BCUT2D eigenvalue weighted by Gasteiger charge is -2.06. The maximum absolute atomic E-state index is 13.0. The van der Waals surface area contributed by atoms with Crippen molar-refractivity contribution in [3.63, 3.8) is 0 Å². The Morgan fingerprint density at radius 3 is 2.84 bits per heavy atom. The molecular weight excluding hydrogens is 351 g/mol. The Morgan fingerprint density at radius 1 is 1.32 bits per heavy atom. The molecule has 0 saturated carbocycles. The predicted molar refractivity (Wildman–Crippen MR) is 92.0 cm³/mol. The molecular formula is C17H14ClFN2O4. The number of carbonyl (C=O) groups excluding carboxylic acids is 1. The number of hydrogen-bond acceptors (Lipinski definition) is 4. The van der Waals surface area contributed by atoms with Crippen LogP contribution in [0.4, 0.5) is 10.1 Å². The number of nitro benzene ring substituents is 1. The molecule has 0 aliphatic rings. The third-order valence-corrected chi connectivity index (χ3v) is 3.38. The molecule has 0 bridgehead atoms. The molecule has 0 fully saturated rings. The van der Waals surface area contributed by atoms with Crippen LogP contribution in [-0.2, 0) is 4.79 Å². The molecule has 2 aromatic carbocycles. The zero-order valence-corrected chi connectivity index (χ0v) is 13.7. The molecule has 0 unspecified atom stereocenters. The predicted octanol–water partition coefficient (Wildman–Crippen LogP) is 3.60. The van der Waals surface area contributed by atoms with Crippen molar-refractivity contribution >= 4 is 29.3 Å². The van der Waals surface area contributed by atoms with E-state index in [9.17, 15) is 19.3 Å². The maximum Gasteiger partial charge on any atom is 0.288 e. The summed E-state index contributed by atoms with van der Waals surface area (Å²) in [6, 6.07) is 9.92. The molecule has 6 nitrogen and oxygen atoms in total. The van der Waals surface area contributed by atoms with E-state index in [-0.39, 0.29) is 29.8 Å². The molecule has 130 valence electrons. The molecule has 0 radical (unpaired) electrons. The zero-order valence-electron chi connectivity index (χ0n) is 12.9. The lowest BCUT2D eigenvalue weighted by Crippen LogP contribution is -2.26. The van der Waals surface area contributed by atoms with Gasteiger partial charge in [-0.15, -0.1) is 0 Å². The molecule has 0 saturated heterocycles. The fourth-order valence-corrected chi connectivity index (χ4v) is 2.09. The summed E-state index contributed by atoms with van der Waals surface area (Å²) < 4.78 is 18.2. The average Bonchev–Trinajstić information content (AvgIpc) is 2.58. The number of rotatable bonds is 7. The number of nitro groups is 1. The van der Waals surface area contributed by atoms with Crippen LogP contribution < -0.4 is 10.1 Å². The molecule has 25 heavy (non-hydrogen) atoms. The minimum atomic E-state index is -0.594. The minimum Gasteiger partial charge on any atom is -0.492 e. The summed E-state index contributed by atoms with van der Waals surface area (Å²) in [5.74, 6) is -0.416. The van der Waals surface area contributed by atoms with Gasteiger partial charge >= 0.3 is 0 Å². The topological polar surface area (TPSA) is 81.5 Å². The van der Waals surface area contributed by atoms with Gasteiger partial charge in [-0.05, 0) is 29.8 Å². The van der Waals surface area contributed by atoms with Gasteiger partial charge in [0.15, 0.2) is 0 Å². The van der Waals surface area contributed by atoms with Gasteiger partial charge in [0.05, 0.1) is 11.5 Å². The average molecular weight is 365 g/mol. The number of benzene rings is 2. The summed E-state index contributed by atoms with van der Waals surface area (Å²) >= 11 is 5.72. The van der Waals surface area contributed by atoms with Crippen LogP contribution in [0.15, 0.2) is 48.5 Å². The summed E-state index contributed by atoms with van der Waals surface area (Å²) in [7, 11) is 0. The summed E-state index contributed by atoms with van der Waals surface area (Å²) in [5, 5.41) is 13.4. The van der Waals surface area contributed by atoms with Gasteiger partial charge in [0, 0.05) is 18.2 Å². The molecule has 0 aliphatic carbocycles. The highest BCUT2D eigenvalue weighted by atomic mass is 35.5. The van der Waals surface area contributed by atoms with Crippen LogP contribution in [0.25, 0.3) is 6.08 Å². The van der Waals surface area contributed by atoms with Gasteiger partial charge < -0.3 is 10.1 Å². The number of nitrogens with zero attached hydrogens (tertiary/aromatic N) is 1. The van der Waals surface area contributed by atoms with E-state index in [1.165, 1.54) is 42.5 Å². The smallest absolute Gasteiger partial charge is 0.288 e. The zero-order chi connectivity index (χ0) is 18.2. The highest BCUT2D eigenvalue weighted by molar-refractivity contribution is 6.32. The van der Waals surface area contributed by atoms with E-state index < -0.39 is 10.7 Å². The van der Waals surface area contributed by atoms with E-state index >= 15 is 0 Å². The number of amides is 1. The van der Waals surface area contributed by atoms with Crippen LogP contribution in [0.1, 0.15) is 5.56 Å². The number of ether oxygens (including phenoxy) is 1. The summed E-state index contributed by atoms with van der Waals surface area (Å²) in [5.41, 5.74) is 0.245. The second kappa shape index (κ2) is 8.79. The van der Waals surface area contributed by atoms with E-state index in [2.05, 4.69) is 5.32 Å². The van der Waals surface area contributed by atoms with Crippen LogP contribution in [0.5, 0.6) is 5.75 Å². The Balaban J connectivity index is 1.81. The van der Waals surface area contributed by atoms with Crippen molar-refractivity contribution < 1.29 is 18.8 Å². The van der Waals surface area contributed by atoms with Crippen molar-refractivity contribution in [2.24, 2.45) is 0 Å². The standard InChI is InChI=1S/C17H14ClFN2O4/c18-15-6-4-12(10-16(15)21(23)24)5-7-17(22)20-8-9-25-14-3-1-2-13(19)11-14/h1-7,10-11H,8-9H2,(H,20,22)/b7-5+. The van der Waals surface area contributed by atoms with Gasteiger partial charge in [0.25, 0.3) is 5.69 Å². The molecule has 1 N–H and O–H groups in total. The second-order valence-electron chi connectivity index (χ2n) is 4.90. The number of halogens is 2. The Labute approximate surface area is 148 Å². The first-order valence-corrected chi connectivity index (χ1v) is 7.62. The van der Waals surface area contributed by atoms with Gasteiger partial charge in [0.1, 0.15) is 23.2 Å². The van der Waals surface area contributed by atoms with E-state index in [4.69, 9.17) is 16.3 Å². The molecule has 0 spiro atoms. The van der Waals surface area contributed by atoms with Crippen molar-refractivity contribution in [2.45, 2.75) is 0 Å². The monoisotopic (exact) mass is 364 g/mol. The van der Waals surface area contributed by atoms with Crippen molar-refractivity contribution in [1.29, 1.82) is 0 Å². The Hall–Kier alpha value is -2.93. The molecule has 0 heterocycles. The van der Waals surface area contributed by atoms with Gasteiger partial charge in [0.2, 0.25) is 5.91 Å². The number of carbonyl (C=O) groups is 1. The molecule has 0 aromatic heterocycles. The minimum absolute atomic E-state index is 0.0288. The van der Waals surface area contributed by atoms with Crippen molar-refractivity contribution in [3.05, 3.63) is 75.1 Å². The first-order chi connectivity index (χ1) is 12.0. The summed E-state index contributed by atoms with van der Waals surface area (Å²) in [4.78, 5) is 21.9. The second-order valence-corrected chi connectivity index (χ2v) is 5.31. The first-order valence-electron chi connectivity index (χ1n) is 7.24. The van der Waals surface area contributed by atoms with E-state index in [0.717, 1.165) is 0 Å². The van der Waals surface area contributed by atoms with E-state index in [1.807, 2.05) is 0 Å². The molecule has 1 amide bonds. The highest BCUT2D eigenvalue weighted by Crippen LogP contribution is 2.25. The quantitative estimate of drug-likeness (QED) is 0.352. The lowest BCUT2D eigenvalue weighted by molar-refractivity contribution is -0.384. The van der Waals surface area contributed by atoms with Gasteiger partial charge in [-0.2, -0.15) is 0 Å². The molecule has 8 heteroatoms. The van der Waals surface area contributed by atoms with Gasteiger partial charge in [-0.3, -0.25) is 14.9 Å². The van der Waals surface area contributed by atoms with Crippen LogP contribution in [0, 0.1) is 15.9 Å². The third kappa shape index (κ3) is 5.89. The maximum atomic E-state index is 13.0. The summed E-state index contributed by atoms with van der Waals surface area (Å²) in [6.45, 7) is 0.399. The highest BCUT2D eigenvalue weighted by Gasteiger charge is 2.11. The van der Waals surface area contributed by atoms with Crippen LogP contribution in [0.3, 0.4) is 0 Å².